The molecule has 52 heavy (non-hydrogen) atoms. The van der Waals surface area contributed by atoms with Crippen molar-refractivity contribution < 1.29 is 38.2 Å². The first-order valence-corrected chi connectivity index (χ1v) is 18.4. The molecule has 0 bridgehead atoms. The normalized spacial score (nSPS) is 18.9. The number of nitrogens with zero attached hydrogens (tertiary/aromatic N) is 5. The lowest BCUT2D eigenvalue weighted by Crippen LogP contribution is -2.58. The molecule has 0 unspecified atom stereocenters. The molecule has 15 nitrogen and oxygen atoms in total. The zero-order valence-corrected chi connectivity index (χ0v) is 31.9. The molecule has 1 aliphatic carbocycles. The van der Waals surface area contributed by atoms with Gasteiger partial charge in [-0.1, -0.05) is 19.1 Å². The summed E-state index contributed by atoms with van der Waals surface area (Å²) in [6, 6.07) is -2.32. The number of methoxy groups -OCH3 is 1. The summed E-state index contributed by atoms with van der Waals surface area (Å²) in [5.74, 6) is -1.96. The standard InChI is InChI=1S/C36H51N7O8S/c1-20(2)27(43(7)35(47)31(24-9-10-24)41-33(46)28-18-50-12-11-42(28)6)15-29(51-23(5)44)34-40-26(19-52-34)32(45)39-25(13-22(4)36(48)49-8)14-30-37-16-21(3)17-38-30/h16-17,19,22,24-25,27-29,31H,1,9-15,18H2,2-8H3,(H,39,45)(H,41,46)/t22-,25+,27+,28+,29+,31-/m0/s1. The van der Waals surface area contributed by atoms with E-state index in [4.69, 9.17) is 14.2 Å². The van der Waals surface area contributed by atoms with Crippen molar-refractivity contribution in [2.24, 2.45) is 11.8 Å². The number of carbonyl (C=O) groups excluding carboxylic acids is 5. The molecule has 284 valence electrons. The average molecular weight is 742 g/mol. The van der Waals surface area contributed by atoms with Gasteiger partial charge in [-0.15, -0.1) is 11.3 Å². The van der Waals surface area contributed by atoms with Gasteiger partial charge in [0.1, 0.15) is 28.6 Å². The van der Waals surface area contributed by atoms with Gasteiger partial charge in [0.25, 0.3) is 5.91 Å². The third-order valence-electron chi connectivity index (χ3n) is 9.36. The summed E-state index contributed by atoms with van der Waals surface area (Å²) >= 11 is 1.15. The van der Waals surface area contributed by atoms with E-state index in [-0.39, 0.29) is 49.3 Å². The molecule has 4 rings (SSSR count). The maximum atomic E-state index is 14.0. The molecule has 0 aromatic carbocycles. The molecule has 0 spiro atoms. The van der Waals surface area contributed by atoms with Gasteiger partial charge in [-0.25, -0.2) is 15.0 Å². The molecular weight excluding hydrogens is 691 g/mol. The minimum absolute atomic E-state index is 0.0146. The SMILES string of the molecule is C=C(C)[C@@H](C[C@@H](OC(C)=O)c1nc(C(=O)N[C@@H](Cc2ncc(C)cn2)C[C@H](C)C(=O)OC)cs1)N(C)C(=O)[C@@H](NC(=O)[C@H]1COCCN1C)C1CC1. The third-order valence-corrected chi connectivity index (χ3v) is 10.3. The fourth-order valence-electron chi connectivity index (χ4n) is 6.15. The van der Waals surface area contributed by atoms with Crippen molar-refractivity contribution in [2.45, 2.75) is 90.1 Å². The molecule has 1 saturated carbocycles. The molecule has 3 amide bonds. The van der Waals surface area contributed by atoms with Crippen LogP contribution in [0.5, 0.6) is 0 Å². The number of thiazole rings is 1. The highest BCUT2D eigenvalue weighted by Gasteiger charge is 2.42. The van der Waals surface area contributed by atoms with Crippen molar-refractivity contribution in [3.8, 4) is 0 Å². The number of rotatable bonds is 17. The monoisotopic (exact) mass is 741 g/mol. The lowest BCUT2D eigenvalue weighted by atomic mass is 9.99. The van der Waals surface area contributed by atoms with Gasteiger partial charge >= 0.3 is 11.9 Å². The number of nitrogens with one attached hydrogen (secondary N) is 2. The van der Waals surface area contributed by atoms with Gasteiger partial charge < -0.3 is 29.7 Å². The second kappa shape index (κ2) is 18.5. The maximum absolute atomic E-state index is 14.0. The van der Waals surface area contributed by atoms with Gasteiger partial charge in [-0.2, -0.15) is 0 Å². The van der Waals surface area contributed by atoms with E-state index in [1.807, 2.05) is 18.9 Å². The highest BCUT2D eigenvalue weighted by Crippen LogP contribution is 2.35. The van der Waals surface area contributed by atoms with E-state index in [2.05, 4.69) is 32.2 Å². The molecular formula is C36H51N7O8S. The fraction of sp³-hybridized carbons (Fsp3) is 0.611. The first-order valence-electron chi connectivity index (χ1n) is 17.5. The van der Waals surface area contributed by atoms with Crippen LogP contribution in [0, 0.1) is 18.8 Å². The van der Waals surface area contributed by atoms with Crippen LogP contribution in [-0.4, -0.2) is 120 Å². The molecule has 2 aromatic rings. The lowest BCUT2D eigenvalue weighted by molar-refractivity contribution is -0.148. The van der Waals surface area contributed by atoms with Gasteiger partial charge in [0.05, 0.1) is 32.3 Å². The van der Waals surface area contributed by atoms with Gasteiger partial charge in [0, 0.05) is 57.2 Å². The fourth-order valence-corrected chi connectivity index (χ4v) is 6.99. The number of amides is 3. The minimum atomic E-state index is -0.904. The number of aryl methyl sites for hydroxylation is 1. The summed E-state index contributed by atoms with van der Waals surface area (Å²) in [6.07, 6.45) is 4.78. The van der Waals surface area contributed by atoms with Crippen LogP contribution in [0.2, 0.25) is 0 Å². The van der Waals surface area contributed by atoms with E-state index in [0.29, 0.717) is 29.6 Å². The summed E-state index contributed by atoms with van der Waals surface area (Å²) < 4.78 is 16.1. The highest BCUT2D eigenvalue weighted by molar-refractivity contribution is 7.09. The summed E-state index contributed by atoms with van der Waals surface area (Å²) in [4.78, 5) is 82.0. The van der Waals surface area contributed by atoms with E-state index in [9.17, 15) is 24.0 Å². The van der Waals surface area contributed by atoms with Crippen LogP contribution in [-0.2, 0) is 39.8 Å². The van der Waals surface area contributed by atoms with Crippen LogP contribution in [0.25, 0.3) is 0 Å². The van der Waals surface area contributed by atoms with E-state index >= 15 is 0 Å². The van der Waals surface area contributed by atoms with Crippen molar-refractivity contribution in [3.05, 3.63) is 52.0 Å². The lowest BCUT2D eigenvalue weighted by Gasteiger charge is -2.35. The topological polar surface area (TPSA) is 182 Å². The molecule has 16 heteroatoms. The zero-order chi connectivity index (χ0) is 38.1. The quantitative estimate of drug-likeness (QED) is 0.179. The zero-order valence-electron chi connectivity index (χ0n) is 31.0. The first kappa shape index (κ1) is 40.5. The molecule has 3 heterocycles. The molecule has 1 saturated heterocycles. The summed E-state index contributed by atoms with van der Waals surface area (Å²) in [5.41, 5.74) is 1.63. The predicted molar refractivity (Wildman–Crippen MR) is 192 cm³/mol. The Hall–Kier alpha value is -4.28. The van der Waals surface area contributed by atoms with Gasteiger partial charge in [-0.05, 0) is 51.6 Å². The Morgan fingerprint density at radius 2 is 1.83 bits per heavy atom. The van der Waals surface area contributed by atoms with Crippen molar-refractivity contribution >= 4 is 41.0 Å². The number of hydrogen-bond acceptors (Lipinski definition) is 13. The highest BCUT2D eigenvalue weighted by atomic mass is 32.1. The molecule has 2 aromatic heterocycles. The molecule has 0 radical (unpaired) electrons. The van der Waals surface area contributed by atoms with Crippen molar-refractivity contribution in [2.75, 3.05) is 41.0 Å². The Kier molecular flexibility index (Phi) is 14.4. The molecule has 2 fully saturated rings. The van der Waals surface area contributed by atoms with E-state index in [1.165, 1.54) is 14.0 Å². The van der Waals surface area contributed by atoms with E-state index in [0.717, 1.165) is 29.7 Å². The smallest absolute Gasteiger partial charge is 0.308 e. The second-order valence-corrected chi connectivity index (χ2v) is 14.7. The van der Waals surface area contributed by atoms with E-state index < -0.39 is 54.0 Å². The first-order chi connectivity index (χ1) is 24.7. The number of carbonyl (C=O) groups is 5. The summed E-state index contributed by atoms with van der Waals surface area (Å²) in [7, 11) is 4.82. The summed E-state index contributed by atoms with van der Waals surface area (Å²) in [6.45, 7) is 12.2. The van der Waals surface area contributed by atoms with Crippen molar-refractivity contribution in [1.29, 1.82) is 0 Å². The van der Waals surface area contributed by atoms with Crippen LogP contribution in [0.3, 0.4) is 0 Å². The van der Waals surface area contributed by atoms with Crippen LogP contribution in [0.4, 0.5) is 0 Å². The van der Waals surface area contributed by atoms with Crippen molar-refractivity contribution in [3.63, 3.8) is 0 Å². The Morgan fingerprint density at radius 1 is 1.13 bits per heavy atom. The number of morpholine rings is 1. The Labute approximate surface area is 308 Å². The number of ether oxygens (including phenoxy) is 3. The van der Waals surface area contributed by atoms with Gasteiger partial charge in [-0.3, -0.25) is 28.9 Å². The molecule has 2 aliphatic rings. The predicted octanol–water partition coefficient (Wildman–Crippen LogP) is 2.40. The van der Waals surface area contributed by atoms with Crippen molar-refractivity contribution in [1.82, 2.24) is 35.4 Å². The molecule has 1 aliphatic heterocycles. The van der Waals surface area contributed by atoms with Gasteiger partial charge in [0.15, 0.2) is 6.10 Å². The third kappa shape index (κ3) is 11.1. The maximum Gasteiger partial charge on any atom is 0.308 e. The van der Waals surface area contributed by atoms with Crippen LogP contribution >= 0.6 is 11.3 Å². The Morgan fingerprint density at radius 3 is 2.42 bits per heavy atom. The Balaban J connectivity index is 1.49. The summed E-state index contributed by atoms with van der Waals surface area (Å²) in [5, 5.41) is 7.88. The number of hydrogen-bond donors (Lipinski definition) is 2. The van der Waals surface area contributed by atoms with Crippen LogP contribution in [0.1, 0.15) is 79.4 Å². The largest absolute Gasteiger partial charge is 0.469 e. The minimum Gasteiger partial charge on any atom is -0.469 e. The molecule has 2 N–H and O–H groups in total. The van der Waals surface area contributed by atoms with Crippen LogP contribution in [0.15, 0.2) is 29.9 Å². The number of likely N-dealkylation sites (N-methyl/N-ethyl adjacent to an activating group) is 2. The second-order valence-electron chi connectivity index (χ2n) is 13.8. The van der Waals surface area contributed by atoms with Gasteiger partial charge in [0.2, 0.25) is 11.8 Å². The number of aromatic nitrogens is 3. The average Bonchev–Trinajstić information content (AvgIpc) is 3.83. The van der Waals surface area contributed by atoms with E-state index in [1.54, 1.807) is 43.6 Å². The Bertz CT molecular complexity index is 1600. The number of esters is 2. The van der Waals surface area contributed by atoms with Crippen LogP contribution < -0.4 is 10.6 Å². The molecule has 6 atom stereocenters.